The first-order valence-electron chi connectivity index (χ1n) is 6.13. The molecule has 3 rings (SSSR count). The quantitative estimate of drug-likeness (QED) is 0.775. The monoisotopic (exact) mass is 254 g/mol. The molecule has 18 heavy (non-hydrogen) atoms. The summed E-state index contributed by atoms with van der Waals surface area (Å²) >= 11 is 1.84. The molecule has 0 saturated carbocycles. The summed E-state index contributed by atoms with van der Waals surface area (Å²) in [4.78, 5) is 3.83. The molecule has 0 bridgehead atoms. The second-order valence-corrected chi connectivity index (χ2v) is 5.55. The molecule has 1 aromatic carbocycles. The molecule has 0 saturated heterocycles. The van der Waals surface area contributed by atoms with Gasteiger partial charge >= 0.3 is 0 Å². The van der Waals surface area contributed by atoms with Crippen LogP contribution in [0.15, 0.2) is 35.7 Å². The summed E-state index contributed by atoms with van der Waals surface area (Å²) in [5.41, 5.74) is 3.24. The average Bonchev–Trinajstić information content (AvgIpc) is 2.88. The number of hydrogen-bond acceptors (Lipinski definition) is 3. The van der Waals surface area contributed by atoms with E-state index in [0.717, 1.165) is 24.2 Å². The molecule has 1 aliphatic rings. The third kappa shape index (κ3) is 1.70. The zero-order chi connectivity index (χ0) is 12.5. The summed E-state index contributed by atoms with van der Waals surface area (Å²) in [6, 6.07) is 12.7. The van der Waals surface area contributed by atoms with Gasteiger partial charge in [0, 0.05) is 11.4 Å². The largest absolute Gasteiger partial charge is 0.363 e. The third-order valence-corrected chi connectivity index (χ3v) is 4.61. The van der Waals surface area contributed by atoms with Crippen LogP contribution in [0, 0.1) is 11.3 Å². The van der Waals surface area contributed by atoms with Gasteiger partial charge in [0.1, 0.15) is 6.07 Å². The molecule has 0 N–H and O–H groups in total. The minimum absolute atomic E-state index is 0.356. The highest BCUT2D eigenvalue weighted by Crippen LogP contribution is 2.36. The number of fused-ring (bicyclic) bond motifs is 1. The second-order valence-electron chi connectivity index (χ2n) is 4.55. The number of hydrogen-bond donors (Lipinski definition) is 0. The van der Waals surface area contributed by atoms with Crippen molar-refractivity contribution in [3.05, 3.63) is 51.7 Å². The molecule has 0 fully saturated rings. The van der Waals surface area contributed by atoms with E-state index < -0.39 is 0 Å². The van der Waals surface area contributed by atoms with E-state index in [-0.39, 0.29) is 0 Å². The highest BCUT2D eigenvalue weighted by Gasteiger charge is 2.25. The van der Waals surface area contributed by atoms with Crippen LogP contribution in [0.5, 0.6) is 0 Å². The summed E-state index contributed by atoms with van der Waals surface area (Å²) in [5, 5.41) is 11.4. The van der Waals surface area contributed by atoms with Crippen LogP contribution in [0.4, 0.5) is 5.69 Å². The fraction of sp³-hybridized carbons (Fsp3) is 0.267. The average molecular weight is 254 g/mol. The Morgan fingerprint density at radius 2 is 2.17 bits per heavy atom. The topological polar surface area (TPSA) is 27.0 Å². The molecule has 0 aliphatic carbocycles. The van der Waals surface area contributed by atoms with Gasteiger partial charge in [0.25, 0.3) is 0 Å². The van der Waals surface area contributed by atoms with Gasteiger partial charge in [-0.1, -0.05) is 12.1 Å². The van der Waals surface area contributed by atoms with Crippen molar-refractivity contribution < 1.29 is 0 Å². The Balaban J connectivity index is 2.02. The number of nitriles is 1. The number of anilines is 1. The molecule has 1 aliphatic heterocycles. The summed E-state index contributed by atoms with van der Waals surface area (Å²) in [6.07, 6.45) is 1.08. The molecule has 2 aromatic rings. The lowest BCUT2D eigenvalue weighted by atomic mass is 9.99. The summed E-state index contributed by atoms with van der Waals surface area (Å²) in [7, 11) is 0. The molecule has 1 unspecified atom stereocenters. The first kappa shape index (κ1) is 11.3. The smallest absolute Gasteiger partial charge is 0.101 e. The van der Waals surface area contributed by atoms with Crippen molar-refractivity contribution in [2.75, 3.05) is 11.4 Å². The number of rotatable bonds is 1. The zero-order valence-electron chi connectivity index (χ0n) is 10.3. The van der Waals surface area contributed by atoms with Crippen molar-refractivity contribution in [2.45, 2.75) is 19.4 Å². The van der Waals surface area contributed by atoms with Gasteiger partial charge in [0.2, 0.25) is 0 Å². The maximum absolute atomic E-state index is 9.22. The molecule has 0 amide bonds. The summed E-state index contributed by atoms with van der Waals surface area (Å²) in [6.45, 7) is 3.21. The molecule has 0 spiro atoms. The van der Waals surface area contributed by atoms with Crippen molar-refractivity contribution in [1.29, 1.82) is 5.26 Å². The molecule has 0 radical (unpaired) electrons. The molecule has 2 heterocycles. The number of nitrogens with zero attached hydrogens (tertiary/aromatic N) is 2. The maximum Gasteiger partial charge on any atom is 0.101 e. The number of benzene rings is 1. The number of para-hydroxylation sites is 1. The van der Waals surface area contributed by atoms with E-state index in [9.17, 15) is 5.26 Å². The van der Waals surface area contributed by atoms with E-state index >= 15 is 0 Å². The highest BCUT2D eigenvalue weighted by atomic mass is 32.1. The van der Waals surface area contributed by atoms with Crippen LogP contribution in [0.3, 0.4) is 0 Å². The van der Waals surface area contributed by atoms with Crippen LogP contribution in [-0.2, 0) is 6.42 Å². The van der Waals surface area contributed by atoms with Gasteiger partial charge in [0.15, 0.2) is 0 Å². The normalized spacial score (nSPS) is 18.2. The Kier molecular flexibility index (Phi) is 2.81. The zero-order valence-corrected chi connectivity index (χ0v) is 11.1. The standard InChI is InChI=1S/C15H14N2S/c1-11-13-7-9-18-15(13)6-8-17(11)14-5-3-2-4-12(14)10-16/h2-5,7,9,11H,6,8H2,1H3. The minimum atomic E-state index is 0.356. The van der Waals surface area contributed by atoms with Gasteiger partial charge < -0.3 is 4.90 Å². The maximum atomic E-state index is 9.22. The Bertz CT molecular complexity index is 609. The van der Waals surface area contributed by atoms with Crippen LogP contribution < -0.4 is 4.90 Å². The Hall–Kier alpha value is -1.79. The molecule has 1 atom stereocenters. The Labute approximate surface area is 111 Å². The fourth-order valence-corrected chi connectivity index (χ4v) is 3.62. The Morgan fingerprint density at radius 3 is 3.00 bits per heavy atom. The van der Waals surface area contributed by atoms with Gasteiger partial charge in [0.05, 0.1) is 17.3 Å². The van der Waals surface area contributed by atoms with Crippen molar-refractivity contribution in [1.82, 2.24) is 0 Å². The van der Waals surface area contributed by atoms with Crippen LogP contribution in [0.25, 0.3) is 0 Å². The molecular formula is C15H14N2S. The van der Waals surface area contributed by atoms with E-state index in [0.29, 0.717) is 6.04 Å². The third-order valence-electron chi connectivity index (χ3n) is 3.61. The van der Waals surface area contributed by atoms with Gasteiger partial charge in [-0.3, -0.25) is 0 Å². The van der Waals surface area contributed by atoms with Crippen LogP contribution in [0.2, 0.25) is 0 Å². The van der Waals surface area contributed by atoms with Crippen LogP contribution >= 0.6 is 11.3 Å². The second kappa shape index (κ2) is 4.47. The predicted octanol–water partition coefficient (Wildman–Crippen LogP) is 3.74. The van der Waals surface area contributed by atoms with E-state index in [4.69, 9.17) is 0 Å². The molecule has 1 aromatic heterocycles. The van der Waals surface area contributed by atoms with Gasteiger partial charge in [-0.25, -0.2) is 0 Å². The lowest BCUT2D eigenvalue weighted by Gasteiger charge is -2.36. The van der Waals surface area contributed by atoms with Crippen molar-refractivity contribution >= 4 is 17.0 Å². The molecule has 2 nitrogen and oxygen atoms in total. The first-order chi connectivity index (χ1) is 8.81. The minimum Gasteiger partial charge on any atom is -0.363 e. The first-order valence-corrected chi connectivity index (χ1v) is 7.01. The van der Waals surface area contributed by atoms with Gasteiger partial charge in [-0.2, -0.15) is 5.26 Å². The molecular weight excluding hydrogens is 240 g/mol. The summed E-state index contributed by atoms with van der Waals surface area (Å²) in [5.74, 6) is 0. The van der Waals surface area contributed by atoms with Gasteiger partial charge in [-0.05, 0) is 42.5 Å². The predicted molar refractivity (Wildman–Crippen MR) is 74.9 cm³/mol. The number of thiophene rings is 1. The van der Waals surface area contributed by atoms with Crippen molar-refractivity contribution in [2.24, 2.45) is 0 Å². The van der Waals surface area contributed by atoms with E-state index in [1.807, 2.05) is 35.6 Å². The molecule has 90 valence electrons. The van der Waals surface area contributed by atoms with Crippen LogP contribution in [-0.4, -0.2) is 6.54 Å². The van der Waals surface area contributed by atoms with Crippen molar-refractivity contribution in [3.8, 4) is 6.07 Å². The SMILES string of the molecule is CC1c2ccsc2CCN1c1ccccc1C#N. The van der Waals surface area contributed by atoms with E-state index in [1.165, 1.54) is 10.4 Å². The lowest BCUT2D eigenvalue weighted by Crippen LogP contribution is -2.33. The van der Waals surface area contributed by atoms with E-state index in [1.54, 1.807) is 0 Å². The Morgan fingerprint density at radius 1 is 1.33 bits per heavy atom. The summed E-state index contributed by atoms with van der Waals surface area (Å²) < 4.78 is 0. The fourth-order valence-electron chi connectivity index (χ4n) is 2.66. The lowest BCUT2D eigenvalue weighted by molar-refractivity contribution is 0.632. The van der Waals surface area contributed by atoms with Gasteiger partial charge in [-0.15, -0.1) is 11.3 Å². The van der Waals surface area contributed by atoms with Crippen LogP contribution in [0.1, 0.15) is 29.0 Å². The van der Waals surface area contributed by atoms with Crippen molar-refractivity contribution in [3.63, 3.8) is 0 Å². The highest BCUT2D eigenvalue weighted by molar-refractivity contribution is 7.10. The van der Waals surface area contributed by atoms with E-state index in [2.05, 4.69) is 29.3 Å². The molecule has 3 heteroatoms.